The Bertz CT molecular complexity index is 740. The van der Waals surface area contributed by atoms with Crippen LogP contribution in [-0.2, 0) is 12.6 Å². The molecule has 0 radical (unpaired) electrons. The van der Waals surface area contributed by atoms with Crippen LogP contribution in [0.1, 0.15) is 28.2 Å². The number of carbonyl (C=O) groups is 1. The second-order valence-electron chi connectivity index (χ2n) is 5.97. The van der Waals surface area contributed by atoms with Crippen molar-refractivity contribution in [3.8, 4) is 0 Å². The molecule has 1 aliphatic heterocycles. The lowest BCUT2D eigenvalue weighted by atomic mass is 9.98. The van der Waals surface area contributed by atoms with Gasteiger partial charge in [-0.25, -0.2) is 9.97 Å². The summed E-state index contributed by atoms with van der Waals surface area (Å²) in [4.78, 5) is 20.2. The van der Waals surface area contributed by atoms with E-state index in [4.69, 9.17) is 0 Å². The molecule has 1 amide bonds. The summed E-state index contributed by atoms with van der Waals surface area (Å²) in [5.74, 6) is -1.73. The van der Waals surface area contributed by atoms with Gasteiger partial charge in [-0.05, 0) is 37.1 Å². The highest BCUT2D eigenvalue weighted by Crippen LogP contribution is 2.25. The van der Waals surface area contributed by atoms with E-state index in [0.717, 1.165) is 31.8 Å². The van der Waals surface area contributed by atoms with E-state index in [0.29, 0.717) is 11.7 Å². The van der Waals surface area contributed by atoms with E-state index in [9.17, 15) is 18.0 Å². The van der Waals surface area contributed by atoms with Gasteiger partial charge in [0.1, 0.15) is 0 Å². The molecule has 1 fully saturated rings. The molecule has 1 atom stereocenters. The Morgan fingerprint density at radius 3 is 2.32 bits per heavy atom. The number of nitrogens with zero attached hydrogens (tertiary/aromatic N) is 3. The molecule has 25 heavy (non-hydrogen) atoms. The van der Waals surface area contributed by atoms with Crippen molar-refractivity contribution in [1.29, 1.82) is 0 Å². The lowest BCUT2D eigenvalue weighted by Gasteiger charge is -2.27. The molecule has 132 valence electrons. The van der Waals surface area contributed by atoms with Crippen LogP contribution in [0, 0.1) is 0 Å². The molecule has 2 heterocycles. The van der Waals surface area contributed by atoms with Gasteiger partial charge in [0, 0.05) is 31.2 Å². The van der Waals surface area contributed by atoms with Gasteiger partial charge in [-0.1, -0.05) is 12.1 Å². The SMILES string of the molecule is CN(C(=O)c1cnc(C(F)(F)F)nc1)c1ccc(C[C@@H]2CCN2)cc1. The molecule has 2 aromatic rings. The molecule has 5 nitrogen and oxygen atoms in total. The Morgan fingerprint density at radius 1 is 1.24 bits per heavy atom. The first-order valence-corrected chi connectivity index (χ1v) is 7.84. The van der Waals surface area contributed by atoms with Gasteiger partial charge in [-0.3, -0.25) is 4.79 Å². The van der Waals surface area contributed by atoms with Gasteiger partial charge in [0.05, 0.1) is 5.56 Å². The van der Waals surface area contributed by atoms with Gasteiger partial charge in [-0.2, -0.15) is 13.2 Å². The summed E-state index contributed by atoms with van der Waals surface area (Å²) in [5, 5.41) is 3.33. The third-order valence-electron chi connectivity index (χ3n) is 4.19. The van der Waals surface area contributed by atoms with E-state index in [1.807, 2.05) is 24.3 Å². The zero-order chi connectivity index (χ0) is 18.0. The molecule has 0 saturated carbocycles. The fourth-order valence-electron chi connectivity index (χ4n) is 2.56. The van der Waals surface area contributed by atoms with E-state index in [-0.39, 0.29) is 5.56 Å². The van der Waals surface area contributed by atoms with E-state index < -0.39 is 17.9 Å². The first-order chi connectivity index (χ1) is 11.8. The molecule has 1 saturated heterocycles. The summed E-state index contributed by atoms with van der Waals surface area (Å²) < 4.78 is 37.4. The number of nitrogens with one attached hydrogen (secondary N) is 1. The number of carbonyl (C=O) groups excluding carboxylic acids is 1. The maximum absolute atomic E-state index is 12.5. The van der Waals surface area contributed by atoms with Gasteiger partial charge >= 0.3 is 6.18 Å². The smallest absolute Gasteiger partial charge is 0.314 e. The van der Waals surface area contributed by atoms with E-state index >= 15 is 0 Å². The van der Waals surface area contributed by atoms with Gasteiger partial charge in [0.25, 0.3) is 5.91 Å². The summed E-state index contributed by atoms with van der Waals surface area (Å²) in [6, 6.07) is 8.04. The number of hydrogen-bond donors (Lipinski definition) is 1. The van der Waals surface area contributed by atoms with Crippen LogP contribution in [0.5, 0.6) is 0 Å². The average molecular weight is 350 g/mol. The molecule has 0 bridgehead atoms. The molecule has 0 spiro atoms. The molecular weight excluding hydrogens is 333 g/mol. The van der Waals surface area contributed by atoms with E-state index in [1.165, 1.54) is 10.5 Å². The Balaban J connectivity index is 1.69. The third kappa shape index (κ3) is 3.96. The van der Waals surface area contributed by atoms with E-state index in [2.05, 4.69) is 15.3 Å². The monoisotopic (exact) mass is 350 g/mol. The summed E-state index contributed by atoms with van der Waals surface area (Å²) in [6.07, 6.45) is -0.742. The molecule has 1 N–H and O–H groups in total. The van der Waals surface area contributed by atoms with Gasteiger partial charge in [0.15, 0.2) is 0 Å². The fraction of sp³-hybridized carbons (Fsp3) is 0.353. The van der Waals surface area contributed by atoms with Crippen molar-refractivity contribution in [2.75, 3.05) is 18.5 Å². The predicted molar refractivity (Wildman–Crippen MR) is 86.3 cm³/mol. The highest BCUT2D eigenvalue weighted by atomic mass is 19.4. The minimum absolute atomic E-state index is 0.00163. The summed E-state index contributed by atoms with van der Waals surface area (Å²) in [7, 11) is 1.56. The molecule has 1 aromatic carbocycles. The molecule has 8 heteroatoms. The van der Waals surface area contributed by atoms with Gasteiger partial charge < -0.3 is 10.2 Å². The lowest BCUT2D eigenvalue weighted by molar-refractivity contribution is -0.145. The van der Waals surface area contributed by atoms with E-state index in [1.54, 1.807) is 7.05 Å². The Hall–Kier alpha value is -2.48. The molecule has 1 aliphatic rings. The third-order valence-corrected chi connectivity index (χ3v) is 4.19. The number of alkyl halides is 3. The first-order valence-electron chi connectivity index (χ1n) is 7.84. The Labute approximate surface area is 142 Å². The number of benzene rings is 1. The maximum atomic E-state index is 12.5. The highest BCUT2D eigenvalue weighted by molar-refractivity contribution is 6.05. The Kier molecular flexibility index (Phi) is 4.71. The number of anilines is 1. The molecule has 1 aromatic heterocycles. The Morgan fingerprint density at radius 2 is 1.84 bits per heavy atom. The molecular formula is C17H17F3N4O. The molecule has 3 rings (SSSR count). The van der Waals surface area contributed by atoms with Crippen LogP contribution in [-0.4, -0.2) is 35.5 Å². The fourth-order valence-corrected chi connectivity index (χ4v) is 2.56. The van der Waals surface area contributed by atoms with Crippen LogP contribution in [0.3, 0.4) is 0 Å². The molecule has 0 aliphatic carbocycles. The second-order valence-corrected chi connectivity index (χ2v) is 5.97. The normalized spacial score (nSPS) is 17.0. The van der Waals surface area contributed by atoms with Crippen molar-refractivity contribution >= 4 is 11.6 Å². The summed E-state index contributed by atoms with van der Waals surface area (Å²) in [6.45, 7) is 1.05. The van der Waals surface area contributed by atoms with Crippen LogP contribution in [0.2, 0.25) is 0 Å². The highest BCUT2D eigenvalue weighted by Gasteiger charge is 2.34. The van der Waals surface area contributed by atoms with Crippen molar-refractivity contribution in [3.63, 3.8) is 0 Å². The minimum Gasteiger partial charge on any atom is -0.314 e. The second kappa shape index (κ2) is 6.79. The number of rotatable bonds is 4. The lowest BCUT2D eigenvalue weighted by Crippen LogP contribution is -2.44. The first kappa shape index (κ1) is 17.3. The van der Waals surface area contributed by atoms with Crippen LogP contribution in [0.15, 0.2) is 36.7 Å². The zero-order valence-electron chi connectivity index (χ0n) is 13.5. The summed E-state index contributed by atoms with van der Waals surface area (Å²) in [5.41, 5.74) is 1.81. The average Bonchev–Trinajstić information content (AvgIpc) is 2.57. The van der Waals surface area contributed by atoms with Crippen molar-refractivity contribution < 1.29 is 18.0 Å². The van der Waals surface area contributed by atoms with Crippen LogP contribution in [0.4, 0.5) is 18.9 Å². The van der Waals surface area contributed by atoms with Crippen LogP contribution in [0.25, 0.3) is 0 Å². The summed E-state index contributed by atoms with van der Waals surface area (Å²) >= 11 is 0. The predicted octanol–water partition coefficient (Wildman–Crippen LogP) is 2.68. The van der Waals surface area contributed by atoms with Crippen LogP contribution >= 0.6 is 0 Å². The van der Waals surface area contributed by atoms with Crippen molar-refractivity contribution in [3.05, 3.63) is 53.6 Å². The minimum atomic E-state index is -4.63. The largest absolute Gasteiger partial charge is 0.451 e. The van der Waals surface area contributed by atoms with Crippen molar-refractivity contribution in [2.45, 2.75) is 25.1 Å². The number of hydrogen-bond acceptors (Lipinski definition) is 4. The van der Waals surface area contributed by atoms with Gasteiger partial charge in [-0.15, -0.1) is 0 Å². The van der Waals surface area contributed by atoms with Gasteiger partial charge in [0.2, 0.25) is 5.82 Å². The quantitative estimate of drug-likeness (QED) is 0.921. The molecule has 0 unspecified atom stereocenters. The topological polar surface area (TPSA) is 58.1 Å². The standard InChI is InChI=1S/C17H17F3N4O/c1-24(14-4-2-11(3-5-14)8-13-6-7-21-13)15(25)12-9-22-16(23-10-12)17(18,19)20/h2-5,9-10,13,21H,6-8H2,1H3/t13-/m0/s1. The van der Waals surface area contributed by atoms with Crippen molar-refractivity contribution in [1.82, 2.24) is 15.3 Å². The van der Waals surface area contributed by atoms with Crippen molar-refractivity contribution in [2.24, 2.45) is 0 Å². The van der Waals surface area contributed by atoms with Crippen LogP contribution < -0.4 is 10.2 Å². The number of aromatic nitrogens is 2. The number of amides is 1. The number of halogens is 3. The zero-order valence-corrected chi connectivity index (χ0v) is 13.5. The maximum Gasteiger partial charge on any atom is 0.451 e.